The number of nitrogens with zero attached hydrogens (tertiary/aromatic N) is 4. The molecule has 0 aliphatic carbocycles. The molecule has 0 radical (unpaired) electrons. The third kappa shape index (κ3) is 3.79. The van der Waals surface area contributed by atoms with Crippen molar-refractivity contribution in [3.63, 3.8) is 0 Å². The molecule has 1 aromatic heterocycles. The zero-order valence-corrected chi connectivity index (χ0v) is 15.0. The van der Waals surface area contributed by atoms with Crippen LogP contribution >= 0.6 is 0 Å². The van der Waals surface area contributed by atoms with Gasteiger partial charge < -0.3 is 4.90 Å². The van der Waals surface area contributed by atoms with Crippen molar-refractivity contribution in [3.8, 4) is 5.69 Å². The van der Waals surface area contributed by atoms with Crippen LogP contribution in [0, 0.1) is 0 Å². The van der Waals surface area contributed by atoms with Gasteiger partial charge in [0, 0.05) is 37.8 Å². The fourth-order valence-electron chi connectivity index (χ4n) is 3.02. The fraction of sp³-hybridized carbons (Fsp3) is 0.421. The van der Waals surface area contributed by atoms with Crippen molar-refractivity contribution in [1.82, 2.24) is 19.6 Å². The van der Waals surface area contributed by atoms with Crippen molar-refractivity contribution in [3.05, 3.63) is 58.5 Å². The number of piperazine rings is 1. The number of rotatable bonds is 2. The van der Waals surface area contributed by atoms with Gasteiger partial charge in [0.05, 0.1) is 5.69 Å². The summed E-state index contributed by atoms with van der Waals surface area (Å²) in [5.74, 6) is -0.127. The molecule has 6 nitrogen and oxygen atoms in total. The number of aromatic nitrogens is 2. The summed E-state index contributed by atoms with van der Waals surface area (Å²) in [4.78, 5) is 29.1. The number of benzene rings is 1. The minimum absolute atomic E-state index is 0.105. The molecule has 2 heterocycles. The second-order valence-corrected chi connectivity index (χ2v) is 7.25. The molecule has 2 aromatic rings. The summed E-state index contributed by atoms with van der Waals surface area (Å²) in [5, 5.41) is 4.28. The summed E-state index contributed by atoms with van der Waals surface area (Å²) in [5.41, 5.74) is 0.807. The van der Waals surface area contributed by atoms with Crippen LogP contribution in [0.2, 0.25) is 0 Å². The molecule has 1 aliphatic heterocycles. The van der Waals surface area contributed by atoms with Gasteiger partial charge in [-0.25, -0.2) is 0 Å². The van der Waals surface area contributed by atoms with Crippen LogP contribution in [0.15, 0.2) is 47.3 Å². The minimum Gasteiger partial charge on any atom is -0.335 e. The fourth-order valence-corrected chi connectivity index (χ4v) is 3.02. The second-order valence-electron chi connectivity index (χ2n) is 7.25. The molecule has 6 heteroatoms. The van der Waals surface area contributed by atoms with Gasteiger partial charge in [0.1, 0.15) is 5.69 Å². The molecule has 25 heavy (non-hydrogen) atoms. The molecule has 132 valence electrons. The molecule has 0 unspecified atom stereocenters. The average molecular weight is 340 g/mol. The lowest BCUT2D eigenvalue weighted by Crippen LogP contribution is -2.54. The summed E-state index contributed by atoms with van der Waals surface area (Å²) in [6.45, 7) is 9.57. The third-order valence-corrected chi connectivity index (χ3v) is 4.54. The van der Waals surface area contributed by atoms with E-state index in [4.69, 9.17) is 0 Å². The van der Waals surface area contributed by atoms with E-state index in [2.05, 4.69) is 30.8 Å². The summed E-state index contributed by atoms with van der Waals surface area (Å²) in [6, 6.07) is 12.1. The Morgan fingerprint density at radius 2 is 1.60 bits per heavy atom. The quantitative estimate of drug-likeness (QED) is 0.836. The second kappa shape index (κ2) is 6.80. The Hall–Kier alpha value is -2.47. The lowest BCUT2D eigenvalue weighted by Gasteiger charge is -2.42. The Balaban J connectivity index is 1.79. The Morgan fingerprint density at radius 3 is 2.20 bits per heavy atom. The normalized spacial score (nSPS) is 16.0. The monoisotopic (exact) mass is 340 g/mol. The zero-order chi connectivity index (χ0) is 18.0. The van der Waals surface area contributed by atoms with E-state index in [1.807, 2.05) is 23.1 Å². The van der Waals surface area contributed by atoms with Crippen LogP contribution in [0.5, 0.6) is 0 Å². The summed E-state index contributed by atoms with van der Waals surface area (Å²) in [6.07, 6.45) is 0. The topological polar surface area (TPSA) is 58.4 Å². The van der Waals surface area contributed by atoms with Gasteiger partial charge in [-0.1, -0.05) is 18.2 Å². The van der Waals surface area contributed by atoms with Gasteiger partial charge in [-0.3, -0.25) is 14.5 Å². The summed E-state index contributed by atoms with van der Waals surface area (Å²) >= 11 is 0. The van der Waals surface area contributed by atoms with E-state index in [0.29, 0.717) is 24.5 Å². The van der Waals surface area contributed by atoms with Gasteiger partial charge in [0.15, 0.2) is 0 Å². The van der Waals surface area contributed by atoms with E-state index in [-0.39, 0.29) is 17.0 Å². The largest absolute Gasteiger partial charge is 0.335 e. The highest BCUT2D eigenvalue weighted by Gasteiger charge is 2.28. The van der Waals surface area contributed by atoms with Gasteiger partial charge in [-0.15, -0.1) is 0 Å². The van der Waals surface area contributed by atoms with Crippen molar-refractivity contribution < 1.29 is 4.79 Å². The molecule has 1 fully saturated rings. The van der Waals surface area contributed by atoms with E-state index >= 15 is 0 Å². The van der Waals surface area contributed by atoms with Crippen LogP contribution in [0.1, 0.15) is 31.3 Å². The van der Waals surface area contributed by atoms with Gasteiger partial charge in [-0.05, 0) is 39.0 Å². The molecule has 3 rings (SSSR count). The zero-order valence-electron chi connectivity index (χ0n) is 15.0. The standard InChI is InChI=1S/C19H24N4O2/c1-19(2,3)22-13-11-21(12-14-22)18(25)16-9-10-17(24)23(20-16)15-7-5-4-6-8-15/h4-10H,11-14H2,1-3H3. The highest BCUT2D eigenvalue weighted by atomic mass is 16.2. The first kappa shape index (κ1) is 17.4. The van der Waals surface area contributed by atoms with Crippen molar-refractivity contribution in [2.45, 2.75) is 26.3 Å². The molecule has 1 saturated heterocycles. The SMILES string of the molecule is CC(C)(C)N1CCN(C(=O)c2ccc(=O)n(-c3ccccc3)n2)CC1. The van der Waals surface area contributed by atoms with E-state index in [1.165, 1.54) is 16.8 Å². The van der Waals surface area contributed by atoms with Gasteiger partial charge in [0.25, 0.3) is 11.5 Å². The van der Waals surface area contributed by atoms with Crippen molar-refractivity contribution in [2.75, 3.05) is 26.2 Å². The first-order chi connectivity index (χ1) is 11.9. The van der Waals surface area contributed by atoms with Crippen LogP contribution in [-0.4, -0.2) is 57.2 Å². The molecular formula is C19H24N4O2. The van der Waals surface area contributed by atoms with Crippen LogP contribution in [0.3, 0.4) is 0 Å². The van der Waals surface area contributed by atoms with Crippen LogP contribution < -0.4 is 5.56 Å². The summed E-state index contributed by atoms with van der Waals surface area (Å²) in [7, 11) is 0. The minimum atomic E-state index is -0.250. The number of para-hydroxylation sites is 1. The highest BCUT2D eigenvalue weighted by Crippen LogP contribution is 2.16. The first-order valence-corrected chi connectivity index (χ1v) is 8.56. The maximum Gasteiger partial charge on any atom is 0.274 e. The van der Waals surface area contributed by atoms with E-state index in [9.17, 15) is 9.59 Å². The third-order valence-electron chi connectivity index (χ3n) is 4.54. The average Bonchev–Trinajstić information content (AvgIpc) is 2.62. The molecular weight excluding hydrogens is 316 g/mol. The van der Waals surface area contributed by atoms with Crippen molar-refractivity contribution in [1.29, 1.82) is 0 Å². The number of carbonyl (C=O) groups excluding carboxylic acids is 1. The van der Waals surface area contributed by atoms with E-state index < -0.39 is 0 Å². The highest BCUT2D eigenvalue weighted by molar-refractivity contribution is 5.92. The van der Waals surface area contributed by atoms with Crippen LogP contribution in [-0.2, 0) is 0 Å². The van der Waals surface area contributed by atoms with E-state index in [1.54, 1.807) is 12.1 Å². The maximum absolute atomic E-state index is 12.8. The molecule has 1 aromatic carbocycles. The Labute approximate surface area is 147 Å². The number of hydrogen-bond donors (Lipinski definition) is 0. The number of hydrogen-bond acceptors (Lipinski definition) is 4. The van der Waals surface area contributed by atoms with Crippen molar-refractivity contribution in [2.24, 2.45) is 0 Å². The lowest BCUT2D eigenvalue weighted by atomic mass is 10.0. The molecule has 0 spiro atoms. The van der Waals surface area contributed by atoms with Crippen LogP contribution in [0.4, 0.5) is 0 Å². The first-order valence-electron chi connectivity index (χ1n) is 8.56. The number of amides is 1. The Morgan fingerprint density at radius 1 is 0.960 bits per heavy atom. The molecule has 0 bridgehead atoms. The predicted octanol–water partition coefficient (Wildman–Crippen LogP) is 1.79. The predicted molar refractivity (Wildman–Crippen MR) is 97.1 cm³/mol. The Bertz CT molecular complexity index is 800. The van der Waals surface area contributed by atoms with E-state index in [0.717, 1.165) is 13.1 Å². The molecule has 1 amide bonds. The molecule has 1 aliphatic rings. The Kier molecular flexibility index (Phi) is 4.72. The van der Waals surface area contributed by atoms with Crippen LogP contribution in [0.25, 0.3) is 5.69 Å². The van der Waals surface area contributed by atoms with Gasteiger partial charge in [0.2, 0.25) is 0 Å². The maximum atomic E-state index is 12.8. The van der Waals surface area contributed by atoms with Gasteiger partial charge in [-0.2, -0.15) is 9.78 Å². The number of carbonyl (C=O) groups is 1. The van der Waals surface area contributed by atoms with Gasteiger partial charge >= 0.3 is 0 Å². The summed E-state index contributed by atoms with van der Waals surface area (Å²) < 4.78 is 1.28. The smallest absolute Gasteiger partial charge is 0.274 e. The lowest BCUT2D eigenvalue weighted by molar-refractivity contribution is 0.0445. The molecule has 0 saturated carbocycles. The van der Waals surface area contributed by atoms with Crippen molar-refractivity contribution >= 4 is 5.91 Å². The molecule has 0 N–H and O–H groups in total. The molecule has 0 atom stereocenters.